The normalized spacial score (nSPS) is 15.8. The van der Waals surface area contributed by atoms with Gasteiger partial charge >= 0.3 is 0 Å². The molecule has 0 spiro atoms. The molecule has 1 atom stereocenters. The van der Waals surface area contributed by atoms with Crippen LogP contribution < -0.4 is 5.73 Å². The highest BCUT2D eigenvalue weighted by Crippen LogP contribution is 2.31. The molecule has 1 saturated carbocycles. The quantitative estimate of drug-likeness (QED) is 0.835. The molecule has 6 heteroatoms. The second-order valence-electron chi connectivity index (χ2n) is 5.29. The number of thioether (sulfide) groups is 1. The summed E-state index contributed by atoms with van der Waals surface area (Å²) < 4.78 is 13.9. The number of nitrogens with zero attached hydrogens (tertiary/aromatic N) is 1. The molecule has 0 saturated heterocycles. The van der Waals surface area contributed by atoms with E-state index < -0.39 is 6.04 Å². The minimum atomic E-state index is -0.524. The smallest absolute Gasteiger partial charge is 0.240 e. The standard InChI is InChI=1S/C15H20ClFN2OS/c1-21-8-7-14(18)15(20)19(10-5-6-10)9-11-12(16)3-2-4-13(11)17/h2-4,10,14H,5-9,18H2,1H3/t14-/m0/s1. The topological polar surface area (TPSA) is 46.3 Å². The fraction of sp³-hybridized carbons (Fsp3) is 0.533. The lowest BCUT2D eigenvalue weighted by atomic mass is 10.1. The Balaban J connectivity index is 2.11. The van der Waals surface area contributed by atoms with Gasteiger partial charge < -0.3 is 10.6 Å². The number of amides is 1. The van der Waals surface area contributed by atoms with E-state index in [9.17, 15) is 9.18 Å². The largest absolute Gasteiger partial charge is 0.334 e. The average Bonchev–Trinajstić information content (AvgIpc) is 3.28. The molecule has 0 radical (unpaired) electrons. The van der Waals surface area contributed by atoms with Crippen LogP contribution in [0.2, 0.25) is 5.02 Å². The molecule has 0 bridgehead atoms. The summed E-state index contributed by atoms with van der Waals surface area (Å²) in [5.74, 6) is 0.357. The minimum absolute atomic E-state index is 0.106. The predicted octanol–water partition coefficient (Wildman–Crippen LogP) is 3.05. The molecule has 0 aromatic heterocycles. The van der Waals surface area contributed by atoms with Crippen molar-refractivity contribution in [1.29, 1.82) is 0 Å². The molecule has 2 rings (SSSR count). The van der Waals surface area contributed by atoms with Crippen molar-refractivity contribution in [2.24, 2.45) is 5.73 Å². The lowest BCUT2D eigenvalue weighted by Gasteiger charge is -2.26. The van der Waals surface area contributed by atoms with Crippen LogP contribution in [0.25, 0.3) is 0 Å². The maximum atomic E-state index is 13.9. The van der Waals surface area contributed by atoms with Crippen LogP contribution in [0.3, 0.4) is 0 Å². The summed E-state index contributed by atoms with van der Waals surface area (Å²) in [5, 5.41) is 0.353. The Labute approximate surface area is 134 Å². The summed E-state index contributed by atoms with van der Waals surface area (Å²) in [4.78, 5) is 14.2. The predicted molar refractivity (Wildman–Crippen MR) is 86.0 cm³/mol. The van der Waals surface area contributed by atoms with Crippen molar-refractivity contribution >= 4 is 29.3 Å². The molecule has 1 aromatic rings. The summed E-state index contributed by atoms with van der Waals surface area (Å²) in [7, 11) is 0. The third-order valence-corrected chi connectivity index (χ3v) is 4.61. The first-order chi connectivity index (χ1) is 10.0. The van der Waals surface area contributed by atoms with E-state index in [1.165, 1.54) is 6.07 Å². The first kappa shape index (κ1) is 16.6. The summed E-state index contributed by atoms with van der Waals surface area (Å²) in [5.41, 5.74) is 6.34. The fourth-order valence-electron chi connectivity index (χ4n) is 2.21. The molecule has 2 N–H and O–H groups in total. The maximum Gasteiger partial charge on any atom is 0.240 e. The average molecular weight is 331 g/mol. The van der Waals surface area contributed by atoms with Gasteiger partial charge in [0, 0.05) is 16.6 Å². The van der Waals surface area contributed by atoms with Crippen molar-refractivity contribution in [3.63, 3.8) is 0 Å². The van der Waals surface area contributed by atoms with Crippen LogP contribution in [-0.4, -0.2) is 34.9 Å². The summed E-state index contributed by atoms with van der Waals surface area (Å²) in [6.45, 7) is 0.196. The van der Waals surface area contributed by atoms with Gasteiger partial charge in [-0.3, -0.25) is 4.79 Å². The zero-order valence-electron chi connectivity index (χ0n) is 12.0. The van der Waals surface area contributed by atoms with Gasteiger partial charge in [-0.1, -0.05) is 17.7 Å². The van der Waals surface area contributed by atoms with Crippen LogP contribution in [0.5, 0.6) is 0 Å². The van der Waals surface area contributed by atoms with Crippen molar-refractivity contribution < 1.29 is 9.18 Å². The Kier molecular flexibility index (Phi) is 5.90. The molecule has 0 heterocycles. The van der Waals surface area contributed by atoms with Gasteiger partial charge in [-0.05, 0) is 43.4 Å². The highest BCUT2D eigenvalue weighted by atomic mass is 35.5. The van der Waals surface area contributed by atoms with E-state index in [0.717, 1.165) is 18.6 Å². The number of rotatable bonds is 7. The lowest BCUT2D eigenvalue weighted by molar-refractivity contribution is -0.133. The van der Waals surface area contributed by atoms with Gasteiger partial charge in [0.1, 0.15) is 5.82 Å². The molecule has 1 fully saturated rings. The Morgan fingerprint density at radius 2 is 2.29 bits per heavy atom. The summed E-state index contributed by atoms with van der Waals surface area (Å²) >= 11 is 7.71. The van der Waals surface area contributed by atoms with Gasteiger partial charge in [0.2, 0.25) is 5.91 Å². The fourth-order valence-corrected chi connectivity index (χ4v) is 2.92. The Morgan fingerprint density at radius 1 is 1.57 bits per heavy atom. The van der Waals surface area contributed by atoms with Crippen LogP contribution in [0.4, 0.5) is 4.39 Å². The van der Waals surface area contributed by atoms with Crippen LogP contribution in [-0.2, 0) is 11.3 Å². The van der Waals surface area contributed by atoms with Gasteiger partial charge in [-0.25, -0.2) is 4.39 Å². The van der Waals surface area contributed by atoms with Crippen molar-refractivity contribution in [3.8, 4) is 0 Å². The maximum absolute atomic E-state index is 13.9. The van der Waals surface area contributed by atoms with E-state index in [0.29, 0.717) is 17.0 Å². The molecule has 1 aliphatic rings. The molecule has 116 valence electrons. The van der Waals surface area contributed by atoms with E-state index >= 15 is 0 Å². The van der Waals surface area contributed by atoms with E-state index in [4.69, 9.17) is 17.3 Å². The number of halogens is 2. The lowest BCUT2D eigenvalue weighted by Crippen LogP contribution is -2.45. The van der Waals surface area contributed by atoms with Gasteiger partial charge in [0.15, 0.2) is 0 Å². The summed E-state index contributed by atoms with van der Waals surface area (Å²) in [6, 6.07) is 4.22. The van der Waals surface area contributed by atoms with Gasteiger partial charge in [-0.2, -0.15) is 11.8 Å². The number of benzene rings is 1. The highest BCUT2D eigenvalue weighted by molar-refractivity contribution is 7.98. The van der Waals surface area contributed by atoms with Crippen LogP contribution in [0.15, 0.2) is 18.2 Å². The first-order valence-electron chi connectivity index (χ1n) is 7.02. The number of hydrogen-bond acceptors (Lipinski definition) is 3. The third kappa shape index (κ3) is 4.34. The SMILES string of the molecule is CSCC[C@H](N)C(=O)N(Cc1c(F)cccc1Cl)C1CC1. The van der Waals surface area contributed by atoms with Crippen molar-refractivity contribution in [1.82, 2.24) is 4.90 Å². The third-order valence-electron chi connectivity index (χ3n) is 3.61. The van der Waals surface area contributed by atoms with E-state index in [1.807, 2.05) is 6.26 Å². The molecule has 0 aliphatic heterocycles. The van der Waals surface area contributed by atoms with Crippen LogP contribution >= 0.6 is 23.4 Å². The summed E-state index contributed by atoms with van der Waals surface area (Å²) in [6.07, 6.45) is 4.52. The molecule has 1 amide bonds. The number of hydrogen-bond donors (Lipinski definition) is 1. The number of nitrogens with two attached hydrogens (primary N) is 1. The van der Waals surface area contributed by atoms with Crippen molar-refractivity contribution in [3.05, 3.63) is 34.6 Å². The first-order valence-corrected chi connectivity index (χ1v) is 8.79. The van der Waals surface area contributed by atoms with Crippen LogP contribution in [0.1, 0.15) is 24.8 Å². The Morgan fingerprint density at radius 3 is 2.86 bits per heavy atom. The van der Waals surface area contributed by atoms with E-state index in [2.05, 4.69) is 0 Å². The molecular weight excluding hydrogens is 311 g/mol. The van der Waals surface area contributed by atoms with Crippen molar-refractivity contribution in [2.75, 3.05) is 12.0 Å². The van der Waals surface area contributed by atoms with Crippen LogP contribution in [0, 0.1) is 5.82 Å². The second kappa shape index (κ2) is 7.47. The zero-order valence-corrected chi connectivity index (χ0v) is 13.6. The highest BCUT2D eigenvalue weighted by Gasteiger charge is 2.35. The van der Waals surface area contributed by atoms with E-state index in [1.54, 1.807) is 28.8 Å². The molecule has 1 aliphatic carbocycles. The zero-order chi connectivity index (χ0) is 15.4. The molecular formula is C15H20ClFN2OS. The van der Waals surface area contributed by atoms with Gasteiger partial charge in [0.25, 0.3) is 0 Å². The second-order valence-corrected chi connectivity index (χ2v) is 6.68. The van der Waals surface area contributed by atoms with E-state index in [-0.39, 0.29) is 24.3 Å². The Bertz CT molecular complexity index is 490. The molecule has 1 aromatic carbocycles. The Hall–Kier alpha value is -0.780. The minimum Gasteiger partial charge on any atom is -0.334 e. The van der Waals surface area contributed by atoms with Gasteiger partial charge in [-0.15, -0.1) is 0 Å². The number of carbonyl (C=O) groups excluding carboxylic acids is 1. The van der Waals surface area contributed by atoms with Gasteiger partial charge in [0.05, 0.1) is 12.6 Å². The molecule has 21 heavy (non-hydrogen) atoms. The molecule has 0 unspecified atom stereocenters. The molecule has 3 nitrogen and oxygen atoms in total. The monoisotopic (exact) mass is 330 g/mol. The number of carbonyl (C=O) groups is 1. The van der Waals surface area contributed by atoms with Crippen molar-refractivity contribution in [2.45, 2.75) is 37.9 Å².